The highest BCUT2D eigenvalue weighted by molar-refractivity contribution is 5.36. The fraction of sp³-hybridized carbons (Fsp3) is 0.771. The highest BCUT2D eigenvalue weighted by Gasteiger charge is 2.62. The molecule has 6 nitrogen and oxygen atoms in total. The normalized spacial score (nSPS) is 37.1. The Morgan fingerprint density at radius 3 is 2.44 bits per heavy atom. The number of aromatic nitrogens is 1. The van der Waals surface area contributed by atoms with Crippen molar-refractivity contribution in [3.8, 4) is 0 Å². The van der Waals surface area contributed by atoms with Crippen molar-refractivity contribution in [1.29, 1.82) is 0 Å². The maximum absolute atomic E-state index is 11.5. The molecule has 0 spiro atoms. The summed E-state index contributed by atoms with van der Waals surface area (Å²) in [4.78, 5) is 13.3. The molecule has 4 fully saturated rings. The summed E-state index contributed by atoms with van der Waals surface area (Å²) in [5.41, 5.74) is 2.06. The molecule has 0 aromatic carbocycles. The van der Waals surface area contributed by atoms with Gasteiger partial charge in [0.1, 0.15) is 0 Å². The first kappa shape index (κ1) is 33.7. The molecule has 4 aliphatic carbocycles. The molecule has 1 aromatic heterocycles. The minimum absolute atomic E-state index is 0.0674. The summed E-state index contributed by atoms with van der Waals surface area (Å²) in [6.07, 6.45) is 16.1. The van der Waals surface area contributed by atoms with Crippen LogP contribution in [0.5, 0.6) is 0 Å². The van der Waals surface area contributed by atoms with Gasteiger partial charge in [0.2, 0.25) is 0 Å². The zero-order chi connectivity index (χ0) is 29.9. The summed E-state index contributed by atoms with van der Waals surface area (Å²) in [6, 6.07) is 6.74. The molecule has 6 heteroatoms. The first-order valence-corrected chi connectivity index (χ1v) is 16.4. The molecule has 3 N–H and O–H groups in total. The summed E-state index contributed by atoms with van der Waals surface area (Å²) < 4.78 is 3.86. The van der Waals surface area contributed by atoms with Crippen LogP contribution in [0.1, 0.15) is 97.1 Å². The van der Waals surface area contributed by atoms with Gasteiger partial charge in [0.15, 0.2) is 0 Å². The SMILES string of the molecule is C=C.CC[C@H]1CC[C@H]2[C@@H]3[C@H](O)C[C@@H]4C[C@H](NCCCCNCc5ccccn5)CC[C@]4(C)[C@H]3CC[C@]12C.COC=O. The molecule has 232 valence electrons. The van der Waals surface area contributed by atoms with Crippen LogP contribution >= 0.6 is 0 Å². The van der Waals surface area contributed by atoms with E-state index in [1.807, 2.05) is 12.3 Å². The molecule has 0 amide bonds. The van der Waals surface area contributed by atoms with E-state index in [0.717, 1.165) is 49.5 Å². The second kappa shape index (κ2) is 16.2. The molecule has 0 bridgehead atoms. The first-order valence-electron chi connectivity index (χ1n) is 16.4. The number of rotatable bonds is 10. The molecule has 9 atom stereocenters. The van der Waals surface area contributed by atoms with Crippen molar-refractivity contribution in [2.75, 3.05) is 20.2 Å². The number of aliphatic hydroxyl groups is 1. The molecule has 1 aromatic rings. The molecule has 41 heavy (non-hydrogen) atoms. The van der Waals surface area contributed by atoms with Crippen molar-refractivity contribution in [3.63, 3.8) is 0 Å². The number of fused-ring (bicyclic) bond motifs is 5. The summed E-state index contributed by atoms with van der Waals surface area (Å²) >= 11 is 0. The van der Waals surface area contributed by atoms with E-state index in [2.05, 4.69) is 66.4 Å². The van der Waals surface area contributed by atoms with Crippen LogP contribution < -0.4 is 10.6 Å². The maximum Gasteiger partial charge on any atom is 0.292 e. The van der Waals surface area contributed by atoms with Gasteiger partial charge < -0.3 is 20.5 Å². The molecule has 0 unspecified atom stereocenters. The number of carbonyl (C=O) groups is 1. The van der Waals surface area contributed by atoms with Gasteiger partial charge in [0.25, 0.3) is 6.47 Å². The first-order chi connectivity index (χ1) is 19.9. The second-order valence-corrected chi connectivity index (χ2v) is 13.5. The van der Waals surface area contributed by atoms with E-state index in [-0.39, 0.29) is 6.10 Å². The summed E-state index contributed by atoms with van der Waals surface area (Å²) in [6.45, 7) is 17.0. The minimum atomic E-state index is -0.0674. The standard InChI is InChI=1S/C31H51N3O.C2H4O2.C2H4/c1-4-22-10-11-26-29-27(13-15-30(22,26)2)31(3)14-12-24(19-23(31)20-28(29)35)33-18-8-7-16-32-21-25-9-5-6-17-34-25;1-4-2-3;1-2/h5-6,9,17,22-24,26-29,32-33,35H,4,7-8,10-16,18-21H2,1-3H3;2H,1H3;1-2H2/t22-,23-,24+,26-,27-,28+,29-,30+,31-;;/m0../s1. The van der Waals surface area contributed by atoms with Gasteiger partial charge >= 0.3 is 0 Å². The smallest absolute Gasteiger partial charge is 0.292 e. The fourth-order valence-corrected chi connectivity index (χ4v) is 9.59. The number of unbranched alkanes of at least 4 members (excludes halogenated alkanes) is 1. The molecular weight excluding hydrogens is 510 g/mol. The zero-order valence-corrected chi connectivity index (χ0v) is 26.5. The number of carbonyl (C=O) groups excluding carboxylic acids is 1. The predicted octanol–water partition coefficient (Wildman–Crippen LogP) is 6.54. The molecule has 1 heterocycles. The quantitative estimate of drug-likeness (QED) is 0.169. The predicted molar refractivity (Wildman–Crippen MR) is 168 cm³/mol. The topological polar surface area (TPSA) is 83.5 Å². The number of nitrogens with one attached hydrogen (secondary N) is 2. The van der Waals surface area contributed by atoms with Gasteiger partial charge in [-0.15, -0.1) is 13.2 Å². The van der Waals surface area contributed by atoms with Gasteiger partial charge in [-0.3, -0.25) is 9.78 Å². The van der Waals surface area contributed by atoms with Gasteiger partial charge in [-0.05, 0) is 130 Å². The lowest BCUT2D eigenvalue weighted by molar-refractivity contribution is -0.165. The molecule has 4 saturated carbocycles. The van der Waals surface area contributed by atoms with Crippen molar-refractivity contribution in [3.05, 3.63) is 43.2 Å². The van der Waals surface area contributed by atoms with Crippen LogP contribution in [0.4, 0.5) is 0 Å². The third-order valence-corrected chi connectivity index (χ3v) is 11.7. The van der Waals surface area contributed by atoms with Crippen LogP contribution in [-0.4, -0.2) is 48.9 Å². The van der Waals surface area contributed by atoms with Crippen LogP contribution in [0.15, 0.2) is 37.6 Å². The van der Waals surface area contributed by atoms with Gasteiger partial charge in [-0.25, -0.2) is 0 Å². The van der Waals surface area contributed by atoms with Crippen molar-refractivity contribution < 1.29 is 14.6 Å². The van der Waals surface area contributed by atoms with Crippen molar-refractivity contribution in [2.24, 2.45) is 40.4 Å². The van der Waals surface area contributed by atoms with Gasteiger partial charge in [0.05, 0.1) is 18.9 Å². The third-order valence-electron chi connectivity index (χ3n) is 11.7. The van der Waals surface area contributed by atoms with E-state index in [0.29, 0.717) is 35.2 Å². The lowest BCUT2D eigenvalue weighted by atomic mass is 9.44. The van der Waals surface area contributed by atoms with E-state index in [9.17, 15) is 5.11 Å². The van der Waals surface area contributed by atoms with Gasteiger partial charge in [-0.2, -0.15) is 0 Å². The van der Waals surface area contributed by atoms with E-state index in [1.54, 1.807) is 0 Å². The summed E-state index contributed by atoms with van der Waals surface area (Å²) in [7, 11) is 1.31. The lowest BCUT2D eigenvalue weighted by Crippen LogP contribution is -2.59. The van der Waals surface area contributed by atoms with E-state index >= 15 is 0 Å². The fourth-order valence-electron chi connectivity index (χ4n) is 9.59. The molecule has 5 rings (SSSR count). The summed E-state index contributed by atoms with van der Waals surface area (Å²) in [5, 5.41) is 18.9. The average Bonchev–Trinajstić information content (AvgIpc) is 3.35. The average molecular weight is 570 g/mol. The Balaban J connectivity index is 0.000000710. The van der Waals surface area contributed by atoms with Crippen LogP contribution in [-0.2, 0) is 16.1 Å². The largest absolute Gasteiger partial charge is 0.471 e. The van der Waals surface area contributed by atoms with Crippen LogP contribution in [0.2, 0.25) is 0 Å². The molecule has 0 aliphatic heterocycles. The Bertz CT molecular complexity index is 900. The molecular formula is C35H59N3O3. The van der Waals surface area contributed by atoms with Crippen molar-refractivity contribution >= 4 is 6.47 Å². The highest BCUT2D eigenvalue weighted by atomic mass is 16.5. The zero-order valence-electron chi connectivity index (χ0n) is 26.5. The van der Waals surface area contributed by atoms with Crippen molar-refractivity contribution in [1.82, 2.24) is 15.6 Å². The minimum Gasteiger partial charge on any atom is -0.471 e. The number of ether oxygens (including phenoxy) is 1. The van der Waals surface area contributed by atoms with E-state index in [4.69, 9.17) is 4.79 Å². The number of hydrogen-bond acceptors (Lipinski definition) is 6. The van der Waals surface area contributed by atoms with Crippen LogP contribution in [0.25, 0.3) is 0 Å². The Labute approximate surface area is 250 Å². The molecule has 0 radical (unpaired) electrons. The number of aliphatic hydroxyl groups excluding tert-OH is 1. The van der Waals surface area contributed by atoms with Crippen LogP contribution in [0, 0.1) is 40.4 Å². The second-order valence-electron chi connectivity index (χ2n) is 13.5. The Hall–Kier alpha value is -1.76. The van der Waals surface area contributed by atoms with Gasteiger partial charge in [0, 0.05) is 18.8 Å². The Kier molecular flexibility index (Phi) is 13.3. The molecule has 0 saturated heterocycles. The number of nitrogens with zero attached hydrogens (tertiary/aromatic N) is 1. The maximum atomic E-state index is 11.5. The Morgan fingerprint density at radius 2 is 1.76 bits per heavy atom. The van der Waals surface area contributed by atoms with Crippen LogP contribution in [0.3, 0.4) is 0 Å². The third kappa shape index (κ3) is 7.80. The monoisotopic (exact) mass is 569 g/mol. The van der Waals surface area contributed by atoms with E-state index < -0.39 is 0 Å². The molecule has 4 aliphatic rings. The van der Waals surface area contributed by atoms with E-state index in [1.165, 1.54) is 71.3 Å². The van der Waals surface area contributed by atoms with Gasteiger partial charge in [-0.1, -0.05) is 33.3 Å². The summed E-state index contributed by atoms with van der Waals surface area (Å²) in [5.74, 6) is 3.65. The number of hydrogen-bond donors (Lipinski definition) is 3. The number of pyridine rings is 1. The Morgan fingerprint density at radius 1 is 1.05 bits per heavy atom. The highest BCUT2D eigenvalue weighted by Crippen LogP contribution is 2.67. The number of methoxy groups -OCH3 is 1. The lowest BCUT2D eigenvalue weighted by Gasteiger charge is -2.62. The van der Waals surface area contributed by atoms with Crippen molar-refractivity contribution in [2.45, 2.75) is 110 Å².